The summed E-state index contributed by atoms with van der Waals surface area (Å²) in [6.45, 7) is 0.449. The molecule has 2 aromatic carbocycles. The van der Waals surface area contributed by atoms with Crippen LogP contribution in [0.15, 0.2) is 73.1 Å². The summed E-state index contributed by atoms with van der Waals surface area (Å²) in [6.07, 6.45) is 5.21. The molecule has 8 heteroatoms. The fraction of sp³-hybridized carbons (Fsp3) is 0.185. The molecule has 7 nitrogen and oxygen atoms in total. The number of aryl methyl sites for hydroxylation is 1. The monoisotopic (exact) mass is 466 g/mol. The quantitative estimate of drug-likeness (QED) is 0.366. The number of hydrogen-bond donors (Lipinski definition) is 1. The van der Waals surface area contributed by atoms with Gasteiger partial charge in [-0.05, 0) is 54.3 Å². The van der Waals surface area contributed by atoms with Gasteiger partial charge in [-0.25, -0.2) is 24.3 Å². The first kappa shape index (κ1) is 21.2. The average Bonchev–Trinajstić information content (AvgIpc) is 3.47. The van der Waals surface area contributed by atoms with E-state index in [0.29, 0.717) is 18.4 Å². The number of nitrogens with zero attached hydrogens (tertiary/aromatic N) is 5. The van der Waals surface area contributed by atoms with Gasteiger partial charge >= 0.3 is 0 Å². The van der Waals surface area contributed by atoms with Crippen molar-refractivity contribution in [1.29, 1.82) is 0 Å². The van der Waals surface area contributed by atoms with E-state index in [4.69, 9.17) is 14.7 Å². The van der Waals surface area contributed by atoms with Crippen molar-refractivity contribution in [2.75, 3.05) is 19.0 Å². The van der Waals surface area contributed by atoms with Gasteiger partial charge in [0.1, 0.15) is 18.2 Å². The van der Waals surface area contributed by atoms with Crippen molar-refractivity contribution in [3.05, 3.63) is 84.7 Å². The van der Waals surface area contributed by atoms with Gasteiger partial charge in [-0.1, -0.05) is 18.2 Å². The van der Waals surface area contributed by atoms with Crippen LogP contribution in [-0.4, -0.2) is 38.2 Å². The maximum absolute atomic E-state index is 13.6. The SMILES string of the molecule is CNc1nccc(-c2c(-c3ccc(F)cc3)nc3n2[C@H](COc2nccc4ccccc24)CC3)n1. The molecule has 0 bridgehead atoms. The largest absolute Gasteiger partial charge is 0.475 e. The van der Waals surface area contributed by atoms with Crippen LogP contribution in [0.4, 0.5) is 10.3 Å². The number of nitrogens with one attached hydrogen (secondary N) is 1. The first-order chi connectivity index (χ1) is 17.2. The summed E-state index contributed by atoms with van der Waals surface area (Å²) in [7, 11) is 1.79. The van der Waals surface area contributed by atoms with Gasteiger partial charge in [-0.15, -0.1) is 0 Å². The lowest BCUT2D eigenvalue weighted by Gasteiger charge is -2.18. The first-order valence-corrected chi connectivity index (χ1v) is 11.6. The van der Waals surface area contributed by atoms with Gasteiger partial charge in [0, 0.05) is 36.8 Å². The van der Waals surface area contributed by atoms with Crippen molar-refractivity contribution >= 4 is 16.7 Å². The molecule has 35 heavy (non-hydrogen) atoms. The van der Waals surface area contributed by atoms with E-state index in [1.807, 2.05) is 30.3 Å². The van der Waals surface area contributed by atoms with E-state index in [2.05, 4.69) is 25.9 Å². The van der Waals surface area contributed by atoms with Gasteiger partial charge in [0.05, 0.1) is 23.1 Å². The Kier molecular flexibility index (Phi) is 5.33. The van der Waals surface area contributed by atoms with E-state index in [-0.39, 0.29) is 11.9 Å². The van der Waals surface area contributed by atoms with Crippen molar-refractivity contribution in [3.63, 3.8) is 0 Å². The minimum atomic E-state index is -0.282. The number of ether oxygens (including phenoxy) is 1. The van der Waals surface area contributed by atoms with Gasteiger partial charge in [-0.2, -0.15) is 0 Å². The Labute approximate surface area is 201 Å². The van der Waals surface area contributed by atoms with E-state index < -0.39 is 0 Å². The Morgan fingerprint density at radius 3 is 2.69 bits per heavy atom. The number of imidazole rings is 1. The number of anilines is 1. The Morgan fingerprint density at radius 1 is 1.00 bits per heavy atom. The van der Waals surface area contributed by atoms with Crippen molar-refractivity contribution in [3.8, 4) is 28.5 Å². The molecule has 1 N–H and O–H groups in total. The Morgan fingerprint density at radius 2 is 1.83 bits per heavy atom. The highest BCUT2D eigenvalue weighted by molar-refractivity contribution is 5.86. The van der Waals surface area contributed by atoms with Crippen molar-refractivity contribution in [2.24, 2.45) is 0 Å². The second-order valence-corrected chi connectivity index (χ2v) is 8.46. The zero-order chi connectivity index (χ0) is 23.8. The van der Waals surface area contributed by atoms with Crippen LogP contribution in [0.3, 0.4) is 0 Å². The third kappa shape index (κ3) is 3.86. The van der Waals surface area contributed by atoms with Gasteiger partial charge in [0.2, 0.25) is 11.8 Å². The van der Waals surface area contributed by atoms with Crippen LogP contribution in [-0.2, 0) is 6.42 Å². The van der Waals surface area contributed by atoms with Crippen LogP contribution < -0.4 is 10.1 Å². The summed E-state index contributed by atoms with van der Waals surface area (Å²) in [4.78, 5) is 18.4. The van der Waals surface area contributed by atoms with E-state index in [9.17, 15) is 4.39 Å². The third-order valence-corrected chi connectivity index (χ3v) is 6.34. The smallest absolute Gasteiger partial charge is 0.222 e. The summed E-state index contributed by atoms with van der Waals surface area (Å²) in [5, 5.41) is 5.08. The maximum Gasteiger partial charge on any atom is 0.222 e. The van der Waals surface area contributed by atoms with Gasteiger partial charge in [0.25, 0.3) is 0 Å². The second-order valence-electron chi connectivity index (χ2n) is 8.46. The minimum Gasteiger partial charge on any atom is -0.475 e. The van der Waals surface area contributed by atoms with E-state index in [0.717, 1.165) is 52.1 Å². The molecule has 3 aromatic heterocycles. The number of benzene rings is 2. The Hall–Kier alpha value is -4.33. The molecule has 0 aliphatic carbocycles. The molecule has 0 saturated heterocycles. The highest BCUT2D eigenvalue weighted by atomic mass is 19.1. The standard InChI is InChI=1S/C27H23FN6O/c1-29-27-31-15-13-22(32-27)25-24(18-6-8-19(28)9-7-18)33-23-11-10-20(34(23)25)16-35-26-21-5-3-2-4-17(21)12-14-30-26/h2-9,12-15,20H,10-11,16H2,1H3,(H,29,31,32)/t20-/m0/s1. The summed E-state index contributed by atoms with van der Waals surface area (Å²) < 4.78 is 22.1. The second kappa shape index (κ2) is 8.79. The summed E-state index contributed by atoms with van der Waals surface area (Å²) in [5.41, 5.74) is 3.23. The molecule has 0 unspecified atom stereocenters. The molecule has 0 amide bonds. The molecule has 1 atom stereocenters. The topological polar surface area (TPSA) is 77.8 Å². The lowest BCUT2D eigenvalue weighted by molar-refractivity contribution is 0.250. The lowest BCUT2D eigenvalue weighted by atomic mass is 10.1. The number of pyridine rings is 1. The normalized spacial score (nSPS) is 14.7. The molecular weight excluding hydrogens is 443 g/mol. The molecule has 5 aromatic rings. The maximum atomic E-state index is 13.6. The van der Waals surface area contributed by atoms with Crippen molar-refractivity contribution in [2.45, 2.75) is 18.9 Å². The molecule has 6 rings (SSSR count). The van der Waals surface area contributed by atoms with E-state index >= 15 is 0 Å². The number of fused-ring (bicyclic) bond motifs is 2. The molecule has 1 aliphatic rings. The van der Waals surface area contributed by atoms with Crippen LogP contribution in [0.25, 0.3) is 33.4 Å². The van der Waals surface area contributed by atoms with Crippen LogP contribution in [0.1, 0.15) is 18.3 Å². The lowest BCUT2D eigenvalue weighted by Crippen LogP contribution is -2.16. The molecule has 0 fully saturated rings. The van der Waals surface area contributed by atoms with Gasteiger partial charge in [-0.3, -0.25) is 0 Å². The fourth-order valence-corrected chi connectivity index (χ4v) is 4.68. The number of hydrogen-bond acceptors (Lipinski definition) is 6. The van der Waals surface area contributed by atoms with Crippen molar-refractivity contribution < 1.29 is 9.13 Å². The summed E-state index contributed by atoms with van der Waals surface area (Å²) in [5.74, 6) is 1.82. The van der Waals surface area contributed by atoms with Crippen LogP contribution in [0.2, 0.25) is 0 Å². The zero-order valence-corrected chi connectivity index (χ0v) is 19.1. The number of halogens is 1. The highest BCUT2D eigenvalue weighted by Crippen LogP contribution is 2.39. The Bertz CT molecular complexity index is 1510. The van der Waals surface area contributed by atoms with Gasteiger partial charge in [0.15, 0.2) is 0 Å². The third-order valence-electron chi connectivity index (χ3n) is 6.34. The van der Waals surface area contributed by atoms with Crippen LogP contribution >= 0.6 is 0 Å². The molecule has 0 radical (unpaired) electrons. The van der Waals surface area contributed by atoms with Crippen LogP contribution in [0, 0.1) is 5.82 Å². The first-order valence-electron chi connectivity index (χ1n) is 11.6. The average molecular weight is 467 g/mol. The Balaban J connectivity index is 1.41. The number of aromatic nitrogens is 5. The summed E-state index contributed by atoms with van der Waals surface area (Å²) in [6, 6.07) is 18.4. The van der Waals surface area contributed by atoms with Gasteiger partial charge < -0.3 is 14.6 Å². The van der Waals surface area contributed by atoms with E-state index in [1.165, 1.54) is 12.1 Å². The molecule has 0 saturated carbocycles. The predicted molar refractivity (Wildman–Crippen MR) is 133 cm³/mol. The number of rotatable bonds is 6. The fourth-order valence-electron chi connectivity index (χ4n) is 4.68. The molecule has 1 aliphatic heterocycles. The van der Waals surface area contributed by atoms with Crippen molar-refractivity contribution in [1.82, 2.24) is 24.5 Å². The molecular formula is C27H23FN6O. The van der Waals surface area contributed by atoms with Crippen LogP contribution in [0.5, 0.6) is 5.88 Å². The molecule has 174 valence electrons. The molecule has 0 spiro atoms. The predicted octanol–water partition coefficient (Wildman–Crippen LogP) is 5.30. The zero-order valence-electron chi connectivity index (χ0n) is 19.1. The summed E-state index contributed by atoms with van der Waals surface area (Å²) >= 11 is 0. The minimum absolute atomic E-state index is 0.0514. The highest BCUT2D eigenvalue weighted by Gasteiger charge is 2.31. The molecule has 4 heterocycles. The van der Waals surface area contributed by atoms with E-state index in [1.54, 1.807) is 31.6 Å².